The van der Waals surface area contributed by atoms with Gasteiger partial charge in [0.2, 0.25) is 10.0 Å². The summed E-state index contributed by atoms with van der Waals surface area (Å²) in [6.45, 7) is 0.334. The monoisotopic (exact) mass is 287 g/mol. The maximum Gasteiger partial charge on any atom is 0.214 e. The van der Waals surface area contributed by atoms with Crippen LogP contribution in [0.25, 0.3) is 0 Å². The summed E-state index contributed by atoms with van der Waals surface area (Å²) in [4.78, 5) is 0. The van der Waals surface area contributed by atoms with Crippen LogP contribution in [-0.2, 0) is 21.3 Å². The molecule has 4 N–H and O–H groups in total. The zero-order valence-corrected chi connectivity index (χ0v) is 11.4. The average molecular weight is 287 g/mol. The minimum atomic E-state index is -3.34. The zero-order chi connectivity index (χ0) is 14.3. The molecule has 0 spiro atoms. The predicted octanol–water partition coefficient (Wildman–Crippen LogP) is -0.153. The summed E-state index contributed by atoms with van der Waals surface area (Å²) in [5.41, 5.74) is 6.75. The van der Waals surface area contributed by atoms with Gasteiger partial charge in [0.1, 0.15) is 0 Å². The summed E-state index contributed by atoms with van der Waals surface area (Å²) < 4.78 is 30.2. The van der Waals surface area contributed by atoms with Crippen molar-refractivity contribution in [1.82, 2.24) is 4.72 Å². The van der Waals surface area contributed by atoms with Gasteiger partial charge in [-0.25, -0.2) is 13.1 Å². The second-order valence-electron chi connectivity index (χ2n) is 3.81. The third kappa shape index (κ3) is 5.25. The Balaban J connectivity index is 2.59. The molecule has 0 unspecified atom stereocenters. The Labute approximate surface area is 112 Å². The van der Waals surface area contributed by atoms with Gasteiger partial charge < -0.3 is 15.7 Å². The van der Waals surface area contributed by atoms with Crippen LogP contribution < -0.4 is 10.5 Å². The number of methoxy groups -OCH3 is 1. The molecular formula is C11H17N3O4S. The van der Waals surface area contributed by atoms with Crippen molar-refractivity contribution < 1.29 is 18.4 Å². The number of hydrogen-bond acceptors (Lipinski definition) is 5. The number of hydrogen-bond donors (Lipinski definition) is 3. The van der Waals surface area contributed by atoms with Gasteiger partial charge in [-0.15, -0.1) is 0 Å². The standard InChI is InChI=1S/C11H17N3O4S/c1-18-6-7-19(16,17)13-8-9-2-4-10(5-3-9)11(12)14-15/h2-5,13,15H,6-8H2,1H3,(H2,12,14). The Morgan fingerprint density at radius 3 is 2.58 bits per heavy atom. The van der Waals surface area contributed by atoms with E-state index in [-0.39, 0.29) is 24.7 Å². The van der Waals surface area contributed by atoms with Crippen molar-refractivity contribution in [2.45, 2.75) is 6.54 Å². The summed E-state index contributed by atoms with van der Waals surface area (Å²) in [7, 11) is -1.89. The van der Waals surface area contributed by atoms with Gasteiger partial charge in [-0.3, -0.25) is 0 Å². The van der Waals surface area contributed by atoms with Crippen LogP contribution in [0.3, 0.4) is 0 Å². The molecule has 1 rings (SSSR count). The maximum atomic E-state index is 11.5. The van der Waals surface area contributed by atoms with Crippen molar-refractivity contribution in [3.05, 3.63) is 35.4 Å². The molecule has 7 nitrogen and oxygen atoms in total. The largest absolute Gasteiger partial charge is 0.409 e. The Bertz CT molecular complexity index is 525. The fraction of sp³-hybridized carbons (Fsp3) is 0.364. The smallest absolute Gasteiger partial charge is 0.214 e. The van der Waals surface area contributed by atoms with Crippen LogP contribution in [0.1, 0.15) is 11.1 Å². The lowest BCUT2D eigenvalue weighted by molar-refractivity contribution is 0.217. The third-order valence-corrected chi connectivity index (χ3v) is 3.70. The minimum absolute atomic E-state index is 0.00669. The number of rotatable bonds is 7. The molecule has 1 aromatic rings. The van der Waals surface area contributed by atoms with Gasteiger partial charge in [-0.1, -0.05) is 29.4 Å². The third-order valence-electron chi connectivity index (χ3n) is 2.41. The second-order valence-corrected chi connectivity index (χ2v) is 5.74. The van der Waals surface area contributed by atoms with Crippen molar-refractivity contribution in [2.24, 2.45) is 10.9 Å². The summed E-state index contributed by atoms with van der Waals surface area (Å²) in [6, 6.07) is 6.69. The molecule has 0 radical (unpaired) electrons. The van der Waals surface area contributed by atoms with Crippen molar-refractivity contribution in [1.29, 1.82) is 0 Å². The number of nitrogens with zero attached hydrogens (tertiary/aromatic N) is 1. The fourth-order valence-electron chi connectivity index (χ4n) is 1.31. The molecular weight excluding hydrogens is 270 g/mol. The van der Waals surface area contributed by atoms with Crippen LogP contribution in [0.4, 0.5) is 0 Å². The molecule has 106 valence electrons. The molecule has 8 heteroatoms. The summed E-state index contributed by atoms with van der Waals surface area (Å²) in [5, 5.41) is 11.4. The van der Waals surface area contributed by atoms with E-state index in [1.165, 1.54) is 7.11 Å². The summed E-state index contributed by atoms with van der Waals surface area (Å²) in [5.74, 6) is -0.0710. The lowest BCUT2D eigenvalue weighted by Gasteiger charge is -2.07. The van der Waals surface area contributed by atoms with E-state index in [2.05, 4.69) is 9.88 Å². The highest BCUT2D eigenvalue weighted by Crippen LogP contribution is 2.04. The van der Waals surface area contributed by atoms with E-state index in [9.17, 15) is 8.42 Å². The van der Waals surface area contributed by atoms with Crippen LogP contribution >= 0.6 is 0 Å². The van der Waals surface area contributed by atoms with E-state index in [1.807, 2.05) is 0 Å². The van der Waals surface area contributed by atoms with E-state index in [4.69, 9.17) is 15.7 Å². The first kappa shape index (κ1) is 15.4. The van der Waals surface area contributed by atoms with Crippen LogP contribution in [-0.4, -0.2) is 38.9 Å². The average Bonchev–Trinajstić information content (AvgIpc) is 2.43. The Morgan fingerprint density at radius 2 is 2.05 bits per heavy atom. The van der Waals surface area contributed by atoms with E-state index in [1.54, 1.807) is 24.3 Å². The van der Waals surface area contributed by atoms with Crippen molar-refractivity contribution in [3.8, 4) is 0 Å². The molecule has 0 aliphatic heterocycles. The quantitative estimate of drug-likeness (QED) is 0.279. The van der Waals surface area contributed by atoms with E-state index in [0.29, 0.717) is 5.56 Å². The first-order chi connectivity index (χ1) is 8.98. The first-order valence-electron chi connectivity index (χ1n) is 5.51. The topological polar surface area (TPSA) is 114 Å². The number of ether oxygens (including phenoxy) is 1. The predicted molar refractivity (Wildman–Crippen MR) is 71.5 cm³/mol. The SMILES string of the molecule is COCCS(=O)(=O)NCc1ccc(C(N)=NO)cc1. The lowest BCUT2D eigenvalue weighted by Crippen LogP contribution is -2.27. The van der Waals surface area contributed by atoms with Gasteiger partial charge in [0, 0.05) is 19.2 Å². The number of benzene rings is 1. The Morgan fingerprint density at radius 1 is 1.42 bits per heavy atom. The van der Waals surface area contributed by atoms with Crippen LogP contribution in [0.15, 0.2) is 29.4 Å². The molecule has 0 heterocycles. The minimum Gasteiger partial charge on any atom is -0.409 e. The maximum absolute atomic E-state index is 11.5. The number of sulfonamides is 1. The highest BCUT2D eigenvalue weighted by Gasteiger charge is 2.09. The van der Waals surface area contributed by atoms with Crippen molar-refractivity contribution in [2.75, 3.05) is 19.5 Å². The van der Waals surface area contributed by atoms with E-state index in [0.717, 1.165) is 5.56 Å². The highest BCUT2D eigenvalue weighted by molar-refractivity contribution is 7.89. The molecule has 0 aliphatic carbocycles. The molecule has 0 aromatic heterocycles. The molecule has 0 bridgehead atoms. The van der Waals surface area contributed by atoms with Gasteiger partial charge >= 0.3 is 0 Å². The molecule has 0 atom stereocenters. The molecule has 0 fully saturated rings. The molecule has 0 saturated heterocycles. The summed E-state index contributed by atoms with van der Waals surface area (Å²) >= 11 is 0. The molecule has 0 amide bonds. The molecule has 0 saturated carbocycles. The molecule has 0 aliphatic rings. The van der Waals surface area contributed by atoms with Gasteiger partial charge in [-0.2, -0.15) is 0 Å². The van der Waals surface area contributed by atoms with Crippen LogP contribution in [0, 0.1) is 0 Å². The van der Waals surface area contributed by atoms with Gasteiger partial charge in [0.25, 0.3) is 0 Å². The summed E-state index contributed by atoms with van der Waals surface area (Å²) in [6.07, 6.45) is 0. The van der Waals surface area contributed by atoms with Crippen LogP contribution in [0.5, 0.6) is 0 Å². The number of amidine groups is 1. The van der Waals surface area contributed by atoms with Crippen molar-refractivity contribution >= 4 is 15.9 Å². The number of oxime groups is 1. The van der Waals surface area contributed by atoms with Crippen LogP contribution in [0.2, 0.25) is 0 Å². The first-order valence-corrected chi connectivity index (χ1v) is 7.17. The Hall–Kier alpha value is -1.64. The number of nitrogens with two attached hydrogens (primary N) is 1. The highest BCUT2D eigenvalue weighted by atomic mass is 32.2. The van der Waals surface area contributed by atoms with Gasteiger partial charge in [0.05, 0.1) is 12.4 Å². The van der Waals surface area contributed by atoms with Gasteiger partial charge in [0.15, 0.2) is 5.84 Å². The van der Waals surface area contributed by atoms with Gasteiger partial charge in [-0.05, 0) is 5.56 Å². The zero-order valence-electron chi connectivity index (χ0n) is 10.5. The molecule has 1 aromatic carbocycles. The van der Waals surface area contributed by atoms with E-state index < -0.39 is 10.0 Å². The molecule has 19 heavy (non-hydrogen) atoms. The Kier molecular flexibility index (Phi) is 5.74. The second kappa shape index (κ2) is 7.07. The number of nitrogens with one attached hydrogen (secondary N) is 1. The van der Waals surface area contributed by atoms with Crippen molar-refractivity contribution in [3.63, 3.8) is 0 Å². The fourth-order valence-corrected chi connectivity index (χ4v) is 2.23. The normalized spacial score (nSPS) is 12.6. The van der Waals surface area contributed by atoms with E-state index >= 15 is 0 Å². The lowest BCUT2D eigenvalue weighted by atomic mass is 10.1.